The number of hydrogen-bond acceptors (Lipinski definition) is 2. The molecule has 90 valence electrons. The van der Waals surface area contributed by atoms with Crippen molar-refractivity contribution >= 4 is 5.69 Å². The van der Waals surface area contributed by atoms with Crippen molar-refractivity contribution in [3.8, 4) is 0 Å². The number of hydrogen-bond donors (Lipinski definition) is 1. The molecular formula is C13H20FNO. The molecule has 0 fully saturated rings. The number of anilines is 1. The third-order valence-electron chi connectivity index (χ3n) is 2.69. The van der Waals surface area contributed by atoms with Gasteiger partial charge in [-0.15, -0.1) is 0 Å². The summed E-state index contributed by atoms with van der Waals surface area (Å²) in [5, 5.41) is 3.32. The highest BCUT2D eigenvalue weighted by molar-refractivity contribution is 5.51. The van der Waals surface area contributed by atoms with E-state index < -0.39 is 0 Å². The van der Waals surface area contributed by atoms with Gasteiger partial charge in [0.05, 0.1) is 12.6 Å². The summed E-state index contributed by atoms with van der Waals surface area (Å²) in [6, 6.07) is 4.98. The van der Waals surface area contributed by atoms with Crippen LogP contribution in [-0.2, 0) is 4.74 Å². The van der Waals surface area contributed by atoms with Crippen LogP contribution in [0.4, 0.5) is 10.1 Å². The van der Waals surface area contributed by atoms with E-state index in [1.807, 2.05) is 6.92 Å². The maximum absolute atomic E-state index is 13.1. The van der Waals surface area contributed by atoms with Crippen molar-refractivity contribution < 1.29 is 9.13 Å². The zero-order valence-electron chi connectivity index (χ0n) is 10.4. The molecule has 1 atom stereocenters. The lowest BCUT2D eigenvalue weighted by molar-refractivity contribution is 0.171. The van der Waals surface area contributed by atoms with Crippen molar-refractivity contribution in [3.63, 3.8) is 0 Å². The van der Waals surface area contributed by atoms with Crippen LogP contribution in [-0.4, -0.2) is 19.8 Å². The van der Waals surface area contributed by atoms with Crippen LogP contribution in [0.2, 0.25) is 0 Å². The van der Waals surface area contributed by atoms with Crippen molar-refractivity contribution in [1.29, 1.82) is 0 Å². The Morgan fingerprint density at radius 3 is 2.62 bits per heavy atom. The number of benzene rings is 1. The smallest absolute Gasteiger partial charge is 0.125 e. The average Bonchev–Trinajstić information content (AvgIpc) is 2.22. The number of ether oxygens (including phenoxy) is 1. The van der Waals surface area contributed by atoms with Crippen LogP contribution in [0.5, 0.6) is 0 Å². The van der Waals surface area contributed by atoms with Crippen molar-refractivity contribution in [3.05, 3.63) is 29.6 Å². The molecule has 0 bridgehead atoms. The highest BCUT2D eigenvalue weighted by atomic mass is 19.1. The molecule has 0 aliphatic carbocycles. The Labute approximate surface area is 96.8 Å². The topological polar surface area (TPSA) is 21.3 Å². The van der Waals surface area contributed by atoms with Gasteiger partial charge >= 0.3 is 0 Å². The fourth-order valence-electron chi connectivity index (χ4n) is 1.53. The lowest BCUT2D eigenvalue weighted by Gasteiger charge is -2.23. The third kappa shape index (κ3) is 3.49. The van der Waals surface area contributed by atoms with Gasteiger partial charge in [0.25, 0.3) is 0 Å². The van der Waals surface area contributed by atoms with E-state index in [2.05, 4.69) is 19.2 Å². The zero-order chi connectivity index (χ0) is 12.1. The molecule has 1 unspecified atom stereocenters. The van der Waals surface area contributed by atoms with Crippen LogP contribution < -0.4 is 5.32 Å². The Bertz CT molecular complexity index is 339. The van der Waals surface area contributed by atoms with Crippen molar-refractivity contribution in [2.45, 2.75) is 26.8 Å². The zero-order valence-corrected chi connectivity index (χ0v) is 10.4. The number of halogens is 1. The van der Waals surface area contributed by atoms with Gasteiger partial charge in [0.2, 0.25) is 0 Å². The summed E-state index contributed by atoms with van der Waals surface area (Å²) >= 11 is 0. The maximum atomic E-state index is 13.1. The van der Waals surface area contributed by atoms with E-state index in [0.717, 1.165) is 11.3 Å². The summed E-state index contributed by atoms with van der Waals surface area (Å²) in [5.41, 5.74) is 1.89. The first-order valence-corrected chi connectivity index (χ1v) is 5.56. The second-order valence-electron chi connectivity index (χ2n) is 4.41. The standard InChI is InChI=1S/C13H20FNO/c1-9(2)13(8-16-4)15-12-7-11(14)6-5-10(12)3/h5-7,9,13,15H,8H2,1-4H3. The van der Waals surface area contributed by atoms with Crippen LogP contribution in [0.3, 0.4) is 0 Å². The van der Waals surface area contributed by atoms with Gasteiger partial charge in [-0.2, -0.15) is 0 Å². The van der Waals surface area contributed by atoms with Gasteiger partial charge in [0, 0.05) is 12.8 Å². The van der Waals surface area contributed by atoms with Gasteiger partial charge in [-0.1, -0.05) is 19.9 Å². The van der Waals surface area contributed by atoms with Crippen LogP contribution in [0, 0.1) is 18.7 Å². The van der Waals surface area contributed by atoms with Gasteiger partial charge in [-0.25, -0.2) is 4.39 Å². The molecule has 0 radical (unpaired) electrons. The van der Waals surface area contributed by atoms with E-state index in [1.165, 1.54) is 12.1 Å². The summed E-state index contributed by atoms with van der Waals surface area (Å²) in [6.45, 7) is 6.82. The fraction of sp³-hybridized carbons (Fsp3) is 0.538. The SMILES string of the molecule is COCC(Nc1cc(F)ccc1C)C(C)C. The minimum atomic E-state index is -0.215. The molecule has 1 aromatic rings. The Balaban J connectivity index is 2.80. The second kappa shape index (κ2) is 5.85. The van der Waals surface area contributed by atoms with Crippen LogP contribution in [0.1, 0.15) is 19.4 Å². The fourth-order valence-corrected chi connectivity index (χ4v) is 1.53. The second-order valence-corrected chi connectivity index (χ2v) is 4.41. The van der Waals surface area contributed by atoms with Crippen LogP contribution in [0.15, 0.2) is 18.2 Å². The molecule has 0 aromatic heterocycles. The Morgan fingerprint density at radius 1 is 1.38 bits per heavy atom. The van der Waals surface area contributed by atoms with E-state index in [1.54, 1.807) is 13.2 Å². The number of aryl methyl sites for hydroxylation is 1. The normalized spacial score (nSPS) is 12.9. The van der Waals surface area contributed by atoms with Gasteiger partial charge < -0.3 is 10.1 Å². The first-order valence-electron chi connectivity index (χ1n) is 5.56. The summed E-state index contributed by atoms with van der Waals surface area (Å²) in [7, 11) is 1.68. The first-order chi connectivity index (χ1) is 7.54. The van der Waals surface area contributed by atoms with Crippen LogP contribution in [0.25, 0.3) is 0 Å². The lowest BCUT2D eigenvalue weighted by Crippen LogP contribution is -2.30. The summed E-state index contributed by atoms with van der Waals surface area (Å²) in [4.78, 5) is 0. The molecule has 1 aromatic carbocycles. The monoisotopic (exact) mass is 225 g/mol. The minimum Gasteiger partial charge on any atom is -0.383 e. The van der Waals surface area contributed by atoms with E-state index in [-0.39, 0.29) is 11.9 Å². The number of nitrogens with one attached hydrogen (secondary N) is 1. The van der Waals surface area contributed by atoms with Crippen molar-refractivity contribution in [2.75, 3.05) is 19.0 Å². The predicted molar refractivity (Wildman–Crippen MR) is 65.3 cm³/mol. The molecular weight excluding hydrogens is 205 g/mol. The minimum absolute atomic E-state index is 0.200. The van der Waals surface area contributed by atoms with Gasteiger partial charge in [-0.05, 0) is 30.5 Å². The Morgan fingerprint density at radius 2 is 2.06 bits per heavy atom. The highest BCUT2D eigenvalue weighted by Crippen LogP contribution is 2.19. The van der Waals surface area contributed by atoms with Gasteiger partial charge in [0.15, 0.2) is 0 Å². The maximum Gasteiger partial charge on any atom is 0.125 e. The van der Waals surface area contributed by atoms with Crippen LogP contribution >= 0.6 is 0 Å². The van der Waals surface area contributed by atoms with E-state index in [4.69, 9.17) is 4.74 Å². The van der Waals surface area contributed by atoms with Crippen molar-refractivity contribution in [1.82, 2.24) is 0 Å². The van der Waals surface area contributed by atoms with E-state index >= 15 is 0 Å². The molecule has 0 saturated heterocycles. The Hall–Kier alpha value is -1.09. The molecule has 0 aliphatic heterocycles. The molecule has 0 amide bonds. The summed E-state index contributed by atoms with van der Waals surface area (Å²) in [5.74, 6) is 0.218. The molecule has 0 spiro atoms. The molecule has 3 heteroatoms. The quantitative estimate of drug-likeness (QED) is 0.830. The van der Waals surface area contributed by atoms with Gasteiger partial charge in [0.1, 0.15) is 5.82 Å². The summed E-state index contributed by atoms with van der Waals surface area (Å²) in [6.07, 6.45) is 0. The Kier molecular flexibility index (Phi) is 4.74. The average molecular weight is 225 g/mol. The molecule has 0 heterocycles. The number of rotatable bonds is 5. The van der Waals surface area contributed by atoms with Crippen molar-refractivity contribution in [2.24, 2.45) is 5.92 Å². The largest absolute Gasteiger partial charge is 0.383 e. The third-order valence-corrected chi connectivity index (χ3v) is 2.69. The number of methoxy groups -OCH3 is 1. The van der Waals surface area contributed by atoms with E-state index in [0.29, 0.717) is 12.5 Å². The molecule has 2 nitrogen and oxygen atoms in total. The predicted octanol–water partition coefficient (Wildman–Crippen LogP) is 3.22. The molecule has 1 N–H and O–H groups in total. The molecule has 1 rings (SSSR count). The first kappa shape index (κ1) is 13.0. The lowest BCUT2D eigenvalue weighted by atomic mass is 10.0. The molecule has 0 saturated carbocycles. The molecule has 16 heavy (non-hydrogen) atoms. The molecule has 0 aliphatic rings. The van der Waals surface area contributed by atoms with Gasteiger partial charge in [-0.3, -0.25) is 0 Å². The van der Waals surface area contributed by atoms with E-state index in [9.17, 15) is 4.39 Å². The highest BCUT2D eigenvalue weighted by Gasteiger charge is 2.13. The summed E-state index contributed by atoms with van der Waals surface area (Å²) < 4.78 is 18.3.